The van der Waals surface area contributed by atoms with E-state index in [1.807, 2.05) is 55.0 Å². The van der Waals surface area contributed by atoms with Gasteiger partial charge in [0.15, 0.2) is 0 Å². The van der Waals surface area contributed by atoms with E-state index < -0.39 is 0 Å². The van der Waals surface area contributed by atoms with Gasteiger partial charge in [0.1, 0.15) is 0 Å². The van der Waals surface area contributed by atoms with Crippen molar-refractivity contribution in [2.75, 3.05) is 0 Å². The van der Waals surface area contributed by atoms with Crippen molar-refractivity contribution < 1.29 is 20.1 Å². The van der Waals surface area contributed by atoms with Gasteiger partial charge in [0.2, 0.25) is 0 Å². The molecule has 6 aromatic carbocycles. The fourth-order valence-corrected chi connectivity index (χ4v) is 10.0. The second kappa shape index (κ2) is 16.9. The first-order valence-electron chi connectivity index (χ1n) is 18.5. The fourth-order valence-electron chi connectivity index (χ4n) is 6.97. The topological polar surface area (TPSA) is 38.7 Å². The Hall–Kier alpha value is -5.92. The Bertz CT molecular complexity index is 2880. The first-order chi connectivity index (χ1) is 28.2. The summed E-state index contributed by atoms with van der Waals surface area (Å²) < 4.78 is 3.77. The number of hydrogen-bond acceptors (Lipinski definition) is 6. The Morgan fingerprint density at radius 3 is 0.897 bits per heavy atom. The molecule has 279 valence electrons. The summed E-state index contributed by atoms with van der Waals surface area (Å²) >= 11 is 5.24. The molecule has 0 N–H and O–H groups in total. The van der Waals surface area contributed by atoms with Crippen LogP contribution in [0.1, 0.15) is 0 Å². The van der Waals surface area contributed by atoms with Crippen LogP contribution in [0.5, 0.6) is 0 Å². The quantitative estimate of drug-likeness (QED) is 0.166. The van der Waals surface area contributed by atoms with E-state index >= 15 is 0 Å². The average molecular weight is 973 g/mol. The van der Waals surface area contributed by atoms with Gasteiger partial charge in [-0.15, -0.1) is 70.8 Å². The molecule has 7 heteroatoms. The predicted octanol–water partition coefficient (Wildman–Crippen LogP) is 14.7. The maximum Gasteiger partial charge on any atom is 0.0167 e. The molecule has 0 unspecified atom stereocenters. The summed E-state index contributed by atoms with van der Waals surface area (Å²) in [5.74, 6) is 0. The van der Waals surface area contributed by atoms with Crippen LogP contribution in [-0.4, -0.2) is 15.0 Å². The standard InChI is InChI=1S/3C17H10NS.Ir/c3*1-3-7-14-12(5-1)9-10-18-17(14)16-11-13-6-2-4-8-15(13)19-16;/h3*1-10H;/q3*-1;. The Balaban J connectivity index is 0.000000112. The van der Waals surface area contributed by atoms with E-state index in [4.69, 9.17) is 0 Å². The number of rotatable bonds is 3. The monoisotopic (exact) mass is 973 g/mol. The van der Waals surface area contributed by atoms with Crippen molar-refractivity contribution in [2.45, 2.75) is 0 Å². The maximum atomic E-state index is 4.55. The van der Waals surface area contributed by atoms with Gasteiger partial charge in [0.25, 0.3) is 0 Å². The van der Waals surface area contributed by atoms with Crippen LogP contribution in [0.2, 0.25) is 0 Å². The van der Waals surface area contributed by atoms with Crippen LogP contribution in [0.25, 0.3) is 94.3 Å². The van der Waals surface area contributed by atoms with Gasteiger partial charge in [-0.05, 0) is 79.2 Å². The third-order valence-corrected chi connectivity index (χ3v) is 12.9. The Kier molecular flexibility index (Phi) is 11.0. The van der Waals surface area contributed by atoms with Crippen LogP contribution >= 0.6 is 34.0 Å². The fraction of sp³-hybridized carbons (Fsp3) is 0. The minimum atomic E-state index is 0. The number of aromatic nitrogens is 3. The second-order valence-corrected chi connectivity index (χ2v) is 16.5. The molecule has 58 heavy (non-hydrogen) atoms. The van der Waals surface area contributed by atoms with Crippen LogP contribution in [0.3, 0.4) is 0 Å². The number of nitrogens with zero attached hydrogens (tertiary/aromatic N) is 3. The molecule has 0 aliphatic carbocycles. The SMILES string of the molecule is [Ir].[c-]1c(-c2nccc3ccccc23)sc2ccccc12.[c-]1c(-c2nccc3ccccc23)sc2ccccc12.[c-]1c(-c2nccc3ccccc23)sc2ccccc12. The molecule has 0 amide bonds. The summed E-state index contributed by atoms with van der Waals surface area (Å²) in [7, 11) is 0. The van der Waals surface area contributed by atoms with Crippen LogP contribution in [0.15, 0.2) is 182 Å². The molecule has 1 radical (unpaired) electrons. The van der Waals surface area contributed by atoms with E-state index in [1.165, 1.54) is 46.4 Å². The molecule has 6 aromatic heterocycles. The summed E-state index contributed by atoms with van der Waals surface area (Å²) in [6.07, 6.45) is 5.61. The molecule has 0 spiro atoms. The number of pyridine rings is 3. The zero-order chi connectivity index (χ0) is 38.0. The van der Waals surface area contributed by atoms with E-state index in [9.17, 15) is 0 Å². The van der Waals surface area contributed by atoms with E-state index in [0.717, 1.165) is 47.9 Å². The number of benzene rings is 6. The third-order valence-electron chi connectivity index (χ3n) is 9.71. The third kappa shape index (κ3) is 7.59. The van der Waals surface area contributed by atoms with Gasteiger partial charge in [0, 0.05) is 55.8 Å². The molecule has 0 atom stereocenters. The summed E-state index contributed by atoms with van der Waals surface area (Å²) in [5, 5.41) is 10.7. The normalized spacial score (nSPS) is 11.0. The van der Waals surface area contributed by atoms with Crippen LogP contribution in [0.4, 0.5) is 0 Å². The zero-order valence-corrected chi connectivity index (χ0v) is 35.6. The van der Waals surface area contributed by atoms with E-state index in [2.05, 4.69) is 161 Å². The molecule has 3 nitrogen and oxygen atoms in total. The van der Waals surface area contributed by atoms with Crippen molar-refractivity contribution in [1.82, 2.24) is 15.0 Å². The summed E-state index contributed by atoms with van der Waals surface area (Å²) in [5.41, 5.74) is 3.08. The largest absolute Gasteiger partial charge is 0.302 e. The molecule has 12 aromatic rings. The van der Waals surface area contributed by atoms with Crippen molar-refractivity contribution in [3.63, 3.8) is 0 Å². The summed E-state index contributed by atoms with van der Waals surface area (Å²) in [4.78, 5) is 17.0. The molecule has 0 saturated carbocycles. The van der Waals surface area contributed by atoms with E-state index in [1.54, 1.807) is 34.0 Å². The van der Waals surface area contributed by atoms with Crippen LogP contribution < -0.4 is 0 Å². The average Bonchev–Trinajstić information content (AvgIpc) is 4.03. The van der Waals surface area contributed by atoms with Crippen LogP contribution in [0, 0.1) is 18.2 Å². The van der Waals surface area contributed by atoms with E-state index in [-0.39, 0.29) is 20.1 Å². The van der Waals surface area contributed by atoms with Crippen molar-refractivity contribution in [3.8, 4) is 31.7 Å². The molecular weight excluding hydrogens is 943 g/mol. The molecule has 0 fully saturated rings. The summed E-state index contributed by atoms with van der Waals surface area (Å²) in [6.45, 7) is 0. The van der Waals surface area contributed by atoms with Crippen molar-refractivity contribution in [2.24, 2.45) is 0 Å². The van der Waals surface area contributed by atoms with Gasteiger partial charge >= 0.3 is 0 Å². The second-order valence-electron chi connectivity index (χ2n) is 13.3. The zero-order valence-electron chi connectivity index (χ0n) is 30.7. The van der Waals surface area contributed by atoms with Gasteiger partial charge in [-0.2, -0.15) is 0 Å². The number of thiophene rings is 3. The summed E-state index contributed by atoms with van der Waals surface area (Å²) in [6, 6.07) is 66.6. The van der Waals surface area contributed by atoms with Gasteiger partial charge in [-0.3, -0.25) is 0 Å². The van der Waals surface area contributed by atoms with Gasteiger partial charge in [-0.25, -0.2) is 34.0 Å². The molecule has 0 aliphatic rings. The Labute approximate surface area is 361 Å². The molecular formula is C51H30IrN3S3-3. The minimum absolute atomic E-state index is 0. The van der Waals surface area contributed by atoms with Gasteiger partial charge in [-0.1, -0.05) is 109 Å². The first kappa shape index (κ1) is 37.6. The van der Waals surface area contributed by atoms with E-state index in [0.29, 0.717) is 0 Å². The van der Waals surface area contributed by atoms with Gasteiger partial charge < -0.3 is 15.0 Å². The number of fused-ring (bicyclic) bond motifs is 6. The number of hydrogen-bond donors (Lipinski definition) is 0. The van der Waals surface area contributed by atoms with Crippen molar-refractivity contribution in [1.29, 1.82) is 0 Å². The molecule has 0 bridgehead atoms. The Morgan fingerprint density at radius 1 is 0.310 bits per heavy atom. The van der Waals surface area contributed by atoms with Crippen molar-refractivity contribution in [3.05, 3.63) is 201 Å². The first-order valence-corrected chi connectivity index (χ1v) is 20.9. The smallest absolute Gasteiger partial charge is 0.0167 e. The van der Waals surface area contributed by atoms with Crippen molar-refractivity contribution >= 4 is 96.6 Å². The maximum absolute atomic E-state index is 4.55. The Morgan fingerprint density at radius 2 is 0.586 bits per heavy atom. The molecule has 0 aliphatic heterocycles. The molecule has 12 rings (SSSR count). The van der Waals surface area contributed by atoms with Crippen LogP contribution in [-0.2, 0) is 20.1 Å². The molecule has 0 saturated heterocycles. The minimum Gasteiger partial charge on any atom is -0.302 e. The molecule has 6 heterocycles. The predicted molar refractivity (Wildman–Crippen MR) is 244 cm³/mol. The van der Waals surface area contributed by atoms with Gasteiger partial charge in [0.05, 0.1) is 0 Å².